The second kappa shape index (κ2) is 5.41. The molecule has 0 saturated heterocycles. The summed E-state index contributed by atoms with van der Waals surface area (Å²) in [6.07, 6.45) is 0. The van der Waals surface area contributed by atoms with Crippen LogP contribution in [-0.2, 0) is 0 Å². The van der Waals surface area contributed by atoms with Gasteiger partial charge < -0.3 is 4.74 Å². The van der Waals surface area contributed by atoms with Gasteiger partial charge in [0.05, 0.1) is 16.1 Å². The fourth-order valence-corrected chi connectivity index (χ4v) is 1.38. The van der Waals surface area contributed by atoms with Gasteiger partial charge in [0.25, 0.3) is 0 Å². The lowest BCUT2D eigenvalue weighted by Crippen LogP contribution is -2.37. The van der Waals surface area contributed by atoms with E-state index in [-0.39, 0.29) is 6.04 Å². The number of ether oxygens (including phenoxy) is 1. The Labute approximate surface area is 93.1 Å². The first-order chi connectivity index (χ1) is 6.65. The summed E-state index contributed by atoms with van der Waals surface area (Å²) in [6, 6.07) is 5.26. The van der Waals surface area contributed by atoms with Crippen LogP contribution in [0.5, 0.6) is 5.75 Å². The zero-order valence-corrected chi connectivity index (χ0v) is 9.27. The summed E-state index contributed by atoms with van der Waals surface area (Å²) in [5, 5.41) is 1.00. The number of hydrogen-bond acceptors (Lipinski definition) is 3. The molecule has 0 spiro atoms. The minimum absolute atomic E-state index is 0.0438. The molecule has 0 fully saturated rings. The van der Waals surface area contributed by atoms with Gasteiger partial charge in [-0.3, -0.25) is 11.3 Å². The van der Waals surface area contributed by atoms with Crippen LogP contribution in [0.3, 0.4) is 0 Å². The molecule has 5 heteroatoms. The smallest absolute Gasteiger partial charge is 0.156 e. The van der Waals surface area contributed by atoms with E-state index in [0.29, 0.717) is 22.4 Å². The molecule has 1 atom stereocenters. The minimum atomic E-state index is 0.0438. The van der Waals surface area contributed by atoms with Crippen LogP contribution in [0.4, 0.5) is 0 Å². The predicted molar refractivity (Wildman–Crippen MR) is 58.7 cm³/mol. The van der Waals surface area contributed by atoms with E-state index in [0.717, 1.165) is 0 Å². The first-order valence-corrected chi connectivity index (χ1v) is 4.93. The van der Waals surface area contributed by atoms with Crippen molar-refractivity contribution in [2.24, 2.45) is 5.84 Å². The van der Waals surface area contributed by atoms with Crippen molar-refractivity contribution < 1.29 is 4.74 Å². The Morgan fingerprint density at radius 3 is 2.50 bits per heavy atom. The third-order valence-electron chi connectivity index (χ3n) is 1.68. The Hall–Kier alpha value is -0.480. The van der Waals surface area contributed by atoms with Crippen molar-refractivity contribution in [2.45, 2.75) is 13.0 Å². The SMILES string of the molecule is CC(COc1c(Cl)cccc1Cl)NN. The largest absolute Gasteiger partial charge is 0.489 e. The molecule has 3 N–H and O–H groups in total. The molecule has 0 amide bonds. The van der Waals surface area contributed by atoms with Crippen LogP contribution in [0.2, 0.25) is 10.0 Å². The molecule has 0 saturated carbocycles. The summed E-state index contributed by atoms with van der Waals surface area (Å²) >= 11 is 11.8. The highest BCUT2D eigenvalue weighted by molar-refractivity contribution is 6.37. The average Bonchev–Trinajstić information content (AvgIpc) is 2.16. The number of para-hydroxylation sites is 1. The highest BCUT2D eigenvalue weighted by Gasteiger charge is 2.07. The number of hydrogen-bond donors (Lipinski definition) is 2. The normalized spacial score (nSPS) is 12.6. The highest BCUT2D eigenvalue weighted by Crippen LogP contribution is 2.32. The Kier molecular flexibility index (Phi) is 4.48. The van der Waals surface area contributed by atoms with Gasteiger partial charge in [0, 0.05) is 0 Å². The van der Waals surface area contributed by atoms with E-state index in [1.165, 1.54) is 0 Å². The minimum Gasteiger partial charge on any atom is -0.489 e. The monoisotopic (exact) mass is 234 g/mol. The van der Waals surface area contributed by atoms with E-state index in [9.17, 15) is 0 Å². The lowest BCUT2D eigenvalue weighted by molar-refractivity contribution is 0.275. The van der Waals surface area contributed by atoms with Gasteiger partial charge in [0.1, 0.15) is 6.61 Å². The van der Waals surface area contributed by atoms with Gasteiger partial charge in [-0.2, -0.15) is 0 Å². The molecule has 0 heterocycles. The number of nitrogens with two attached hydrogens (primary N) is 1. The van der Waals surface area contributed by atoms with Crippen molar-refractivity contribution in [3.63, 3.8) is 0 Å². The van der Waals surface area contributed by atoms with Crippen LogP contribution in [0.15, 0.2) is 18.2 Å². The molecular weight excluding hydrogens is 223 g/mol. The number of benzene rings is 1. The molecule has 1 rings (SSSR count). The van der Waals surface area contributed by atoms with E-state index in [1.807, 2.05) is 6.92 Å². The van der Waals surface area contributed by atoms with Crippen LogP contribution in [0.1, 0.15) is 6.92 Å². The molecule has 0 bridgehead atoms. The van der Waals surface area contributed by atoms with Gasteiger partial charge in [-0.15, -0.1) is 0 Å². The predicted octanol–water partition coefficient (Wildman–Crippen LogP) is 2.22. The molecular formula is C9H12Cl2N2O. The molecule has 0 aliphatic heterocycles. The maximum atomic E-state index is 5.90. The molecule has 3 nitrogen and oxygen atoms in total. The highest BCUT2D eigenvalue weighted by atomic mass is 35.5. The summed E-state index contributed by atoms with van der Waals surface area (Å²) in [7, 11) is 0. The van der Waals surface area contributed by atoms with Crippen molar-refractivity contribution >= 4 is 23.2 Å². The van der Waals surface area contributed by atoms with Crippen molar-refractivity contribution in [3.8, 4) is 5.75 Å². The zero-order chi connectivity index (χ0) is 10.6. The second-order valence-corrected chi connectivity index (χ2v) is 3.74. The summed E-state index contributed by atoms with van der Waals surface area (Å²) in [4.78, 5) is 0. The number of halogens is 2. The third-order valence-corrected chi connectivity index (χ3v) is 2.28. The van der Waals surface area contributed by atoms with Gasteiger partial charge in [0.2, 0.25) is 0 Å². The van der Waals surface area contributed by atoms with Crippen molar-refractivity contribution in [1.82, 2.24) is 5.43 Å². The summed E-state index contributed by atoms with van der Waals surface area (Å²) < 4.78 is 5.41. The Morgan fingerprint density at radius 2 is 2.00 bits per heavy atom. The molecule has 1 aromatic rings. The van der Waals surface area contributed by atoms with Crippen molar-refractivity contribution in [3.05, 3.63) is 28.2 Å². The van der Waals surface area contributed by atoms with E-state index in [2.05, 4.69) is 5.43 Å². The molecule has 0 radical (unpaired) electrons. The van der Waals surface area contributed by atoms with Crippen LogP contribution >= 0.6 is 23.2 Å². The lowest BCUT2D eigenvalue weighted by atomic mass is 10.3. The topological polar surface area (TPSA) is 47.3 Å². The first kappa shape index (κ1) is 11.6. The molecule has 78 valence electrons. The third kappa shape index (κ3) is 3.03. The Balaban J connectivity index is 2.66. The summed E-state index contributed by atoms with van der Waals surface area (Å²) in [5.41, 5.74) is 2.56. The van der Waals surface area contributed by atoms with Crippen LogP contribution in [0, 0.1) is 0 Å². The Bertz CT molecular complexity index is 287. The average molecular weight is 235 g/mol. The maximum Gasteiger partial charge on any atom is 0.156 e. The van der Waals surface area contributed by atoms with Crippen LogP contribution in [-0.4, -0.2) is 12.6 Å². The van der Waals surface area contributed by atoms with Gasteiger partial charge in [-0.1, -0.05) is 29.3 Å². The van der Waals surface area contributed by atoms with E-state index >= 15 is 0 Å². The molecule has 1 unspecified atom stereocenters. The number of hydrazine groups is 1. The molecule has 0 aliphatic carbocycles. The number of rotatable bonds is 4. The number of nitrogens with one attached hydrogen (secondary N) is 1. The zero-order valence-electron chi connectivity index (χ0n) is 7.76. The van der Waals surface area contributed by atoms with E-state index in [1.54, 1.807) is 18.2 Å². The van der Waals surface area contributed by atoms with Gasteiger partial charge >= 0.3 is 0 Å². The molecule has 14 heavy (non-hydrogen) atoms. The van der Waals surface area contributed by atoms with Gasteiger partial charge in [-0.25, -0.2) is 0 Å². The fourth-order valence-electron chi connectivity index (χ4n) is 0.877. The fraction of sp³-hybridized carbons (Fsp3) is 0.333. The quantitative estimate of drug-likeness (QED) is 0.621. The first-order valence-electron chi connectivity index (χ1n) is 4.18. The maximum absolute atomic E-state index is 5.90. The van der Waals surface area contributed by atoms with E-state index in [4.69, 9.17) is 33.8 Å². The lowest BCUT2D eigenvalue weighted by Gasteiger charge is -2.13. The van der Waals surface area contributed by atoms with Gasteiger partial charge in [0.15, 0.2) is 5.75 Å². The molecule has 1 aromatic carbocycles. The molecule has 0 aromatic heterocycles. The van der Waals surface area contributed by atoms with Crippen molar-refractivity contribution in [2.75, 3.05) is 6.61 Å². The van der Waals surface area contributed by atoms with Gasteiger partial charge in [-0.05, 0) is 19.1 Å². The van der Waals surface area contributed by atoms with Crippen LogP contribution < -0.4 is 16.0 Å². The van der Waals surface area contributed by atoms with Crippen LogP contribution in [0.25, 0.3) is 0 Å². The standard InChI is InChI=1S/C9H12Cl2N2O/c1-6(13-12)5-14-9-7(10)3-2-4-8(9)11/h2-4,6,13H,5,12H2,1H3. The Morgan fingerprint density at radius 1 is 1.43 bits per heavy atom. The summed E-state index contributed by atoms with van der Waals surface area (Å²) in [6.45, 7) is 2.31. The second-order valence-electron chi connectivity index (χ2n) is 2.93. The molecule has 0 aliphatic rings. The van der Waals surface area contributed by atoms with Crippen molar-refractivity contribution in [1.29, 1.82) is 0 Å². The summed E-state index contributed by atoms with van der Waals surface area (Å²) in [5.74, 6) is 5.71. The van der Waals surface area contributed by atoms with E-state index < -0.39 is 0 Å².